The van der Waals surface area contributed by atoms with Crippen molar-refractivity contribution in [1.29, 1.82) is 0 Å². The van der Waals surface area contributed by atoms with Crippen LogP contribution < -0.4 is 5.32 Å². The van der Waals surface area contributed by atoms with Gasteiger partial charge in [0.25, 0.3) is 5.69 Å². The molecule has 116 valence electrons. The molecule has 0 atom stereocenters. The summed E-state index contributed by atoms with van der Waals surface area (Å²) in [6, 6.07) is 3.96. The van der Waals surface area contributed by atoms with Gasteiger partial charge in [-0.3, -0.25) is 10.1 Å². The molecule has 0 saturated carbocycles. The maximum Gasteiger partial charge on any atom is 0.337 e. The molecule has 0 unspecified atom stereocenters. The largest absolute Gasteiger partial charge is 0.465 e. The van der Waals surface area contributed by atoms with Gasteiger partial charge in [-0.1, -0.05) is 0 Å². The quantitative estimate of drug-likeness (QED) is 0.514. The van der Waals surface area contributed by atoms with Crippen LogP contribution in [0.25, 0.3) is 0 Å². The summed E-state index contributed by atoms with van der Waals surface area (Å²) < 4.78 is 10.0. The van der Waals surface area contributed by atoms with Gasteiger partial charge in [-0.15, -0.1) is 0 Å². The number of methoxy groups -OCH3 is 1. The number of hydrogen-bond donors (Lipinski definition) is 1. The molecule has 8 heteroatoms. The van der Waals surface area contributed by atoms with Gasteiger partial charge in [-0.05, 0) is 26.0 Å². The zero-order valence-corrected chi connectivity index (χ0v) is 12.4. The van der Waals surface area contributed by atoms with E-state index in [1.54, 1.807) is 6.92 Å². The molecule has 22 heavy (non-hydrogen) atoms. The van der Waals surface area contributed by atoms with Gasteiger partial charge in [0.2, 0.25) is 5.89 Å². The molecular weight excluding hydrogens is 290 g/mol. The van der Waals surface area contributed by atoms with Crippen molar-refractivity contribution in [2.75, 3.05) is 12.4 Å². The molecule has 2 aromatic rings. The molecule has 1 aromatic heterocycles. The Balaban J connectivity index is 2.26. The third kappa shape index (κ3) is 3.22. The lowest BCUT2D eigenvalue weighted by atomic mass is 10.1. The number of carbonyl (C=O) groups is 1. The molecule has 0 fully saturated rings. The number of anilines is 1. The van der Waals surface area contributed by atoms with Crippen LogP contribution in [-0.2, 0) is 11.3 Å². The molecule has 0 aliphatic carbocycles. The molecule has 1 N–H and O–H groups in total. The predicted octanol–water partition coefficient (Wildman–Crippen LogP) is 2.60. The molecule has 0 aliphatic rings. The van der Waals surface area contributed by atoms with Crippen LogP contribution >= 0.6 is 0 Å². The van der Waals surface area contributed by atoms with Crippen LogP contribution in [0.3, 0.4) is 0 Å². The van der Waals surface area contributed by atoms with E-state index >= 15 is 0 Å². The Labute approximate surface area is 126 Å². The summed E-state index contributed by atoms with van der Waals surface area (Å²) in [5, 5.41) is 13.9. The minimum absolute atomic E-state index is 0.146. The first-order chi connectivity index (χ1) is 10.4. The zero-order valence-electron chi connectivity index (χ0n) is 12.4. The van der Waals surface area contributed by atoms with E-state index in [9.17, 15) is 14.9 Å². The number of nitro groups is 1. The summed E-state index contributed by atoms with van der Waals surface area (Å²) in [5.74, 6) is 0.531. The van der Waals surface area contributed by atoms with Gasteiger partial charge in [-0.25, -0.2) is 9.78 Å². The monoisotopic (exact) mass is 305 g/mol. The van der Waals surface area contributed by atoms with E-state index < -0.39 is 10.9 Å². The molecule has 0 saturated heterocycles. The number of carbonyl (C=O) groups excluding carboxylic acids is 1. The fourth-order valence-corrected chi connectivity index (χ4v) is 1.87. The van der Waals surface area contributed by atoms with Crippen molar-refractivity contribution in [2.45, 2.75) is 20.4 Å². The average Bonchev–Trinajstić information content (AvgIpc) is 2.82. The smallest absolute Gasteiger partial charge is 0.337 e. The Hall–Kier alpha value is -2.90. The van der Waals surface area contributed by atoms with E-state index in [1.165, 1.54) is 25.3 Å². The Kier molecular flexibility index (Phi) is 4.40. The number of rotatable bonds is 5. The molecule has 8 nitrogen and oxygen atoms in total. The molecule has 0 amide bonds. The molecule has 0 aliphatic heterocycles. The second-order valence-corrected chi connectivity index (χ2v) is 4.58. The van der Waals surface area contributed by atoms with Gasteiger partial charge < -0.3 is 14.5 Å². The van der Waals surface area contributed by atoms with Crippen molar-refractivity contribution in [2.24, 2.45) is 0 Å². The maximum atomic E-state index is 11.5. The first-order valence-corrected chi connectivity index (χ1v) is 6.46. The number of aryl methyl sites for hydroxylation is 2. The fourth-order valence-electron chi connectivity index (χ4n) is 1.87. The molecule has 1 aromatic carbocycles. The minimum Gasteiger partial charge on any atom is -0.465 e. The van der Waals surface area contributed by atoms with Gasteiger partial charge in [0.1, 0.15) is 11.4 Å². The summed E-state index contributed by atoms with van der Waals surface area (Å²) in [6.45, 7) is 3.76. The number of nitro benzene ring substituents is 1. The second kappa shape index (κ2) is 6.25. The number of aromatic nitrogens is 1. The highest BCUT2D eigenvalue weighted by Gasteiger charge is 2.17. The molecule has 1 heterocycles. The number of ether oxygens (including phenoxy) is 1. The Morgan fingerprint density at radius 3 is 2.73 bits per heavy atom. The van der Waals surface area contributed by atoms with Crippen molar-refractivity contribution in [3.63, 3.8) is 0 Å². The maximum absolute atomic E-state index is 11.5. The molecule has 0 bridgehead atoms. The van der Waals surface area contributed by atoms with Crippen molar-refractivity contribution in [3.05, 3.63) is 51.2 Å². The van der Waals surface area contributed by atoms with Gasteiger partial charge in [0.05, 0.1) is 29.8 Å². The number of oxazole rings is 1. The lowest BCUT2D eigenvalue weighted by Gasteiger charge is -2.07. The molecule has 2 rings (SSSR count). The van der Waals surface area contributed by atoms with Crippen LogP contribution in [0.15, 0.2) is 22.6 Å². The van der Waals surface area contributed by atoms with E-state index in [2.05, 4.69) is 15.0 Å². The number of esters is 1. The van der Waals surface area contributed by atoms with E-state index in [1.807, 2.05) is 6.92 Å². The fraction of sp³-hybridized carbons (Fsp3) is 0.286. The number of benzene rings is 1. The van der Waals surface area contributed by atoms with Crippen LogP contribution in [0.1, 0.15) is 27.7 Å². The lowest BCUT2D eigenvalue weighted by Crippen LogP contribution is -2.06. The number of hydrogen-bond acceptors (Lipinski definition) is 7. The first-order valence-electron chi connectivity index (χ1n) is 6.46. The topological polar surface area (TPSA) is 108 Å². The first kappa shape index (κ1) is 15.5. The summed E-state index contributed by atoms with van der Waals surface area (Å²) in [5.41, 5.74) is 1.03. The highest BCUT2D eigenvalue weighted by atomic mass is 16.6. The summed E-state index contributed by atoms with van der Waals surface area (Å²) in [7, 11) is 1.25. The van der Waals surface area contributed by atoms with Crippen LogP contribution in [0.2, 0.25) is 0 Å². The van der Waals surface area contributed by atoms with E-state index in [-0.39, 0.29) is 23.5 Å². The van der Waals surface area contributed by atoms with Crippen molar-refractivity contribution >= 4 is 17.3 Å². The summed E-state index contributed by atoms with van der Waals surface area (Å²) in [6.07, 6.45) is 0. The molecule has 0 spiro atoms. The van der Waals surface area contributed by atoms with E-state index in [0.717, 1.165) is 5.69 Å². The second-order valence-electron chi connectivity index (χ2n) is 4.58. The average molecular weight is 305 g/mol. The van der Waals surface area contributed by atoms with Gasteiger partial charge in [0, 0.05) is 6.07 Å². The summed E-state index contributed by atoms with van der Waals surface area (Å²) >= 11 is 0. The third-order valence-corrected chi connectivity index (χ3v) is 3.12. The third-order valence-electron chi connectivity index (χ3n) is 3.12. The number of nitrogens with zero attached hydrogens (tertiary/aromatic N) is 2. The standard InChI is InChI=1S/C14H15N3O5/c1-8-9(2)22-13(16-8)7-15-11-6-10(14(18)21-3)4-5-12(11)17(19)20/h4-6,15H,7H2,1-3H3. The lowest BCUT2D eigenvalue weighted by molar-refractivity contribution is -0.384. The van der Waals surface area contributed by atoms with Crippen molar-refractivity contribution in [3.8, 4) is 0 Å². The van der Waals surface area contributed by atoms with Crippen molar-refractivity contribution < 1.29 is 18.9 Å². The Morgan fingerprint density at radius 2 is 2.18 bits per heavy atom. The highest BCUT2D eigenvalue weighted by molar-refractivity contribution is 5.91. The SMILES string of the molecule is COC(=O)c1ccc([N+](=O)[O-])c(NCc2nc(C)c(C)o2)c1. The Bertz CT molecular complexity index is 704. The zero-order chi connectivity index (χ0) is 16.3. The predicted molar refractivity (Wildman–Crippen MR) is 77.7 cm³/mol. The molecule has 0 radical (unpaired) electrons. The molecular formula is C14H15N3O5. The van der Waals surface area contributed by atoms with Gasteiger partial charge >= 0.3 is 5.97 Å². The van der Waals surface area contributed by atoms with Crippen LogP contribution in [0.4, 0.5) is 11.4 Å². The highest BCUT2D eigenvalue weighted by Crippen LogP contribution is 2.26. The van der Waals surface area contributed by atoms with Crippen molar-refractivity contribution in [1.82, 2.24) is 4.98 Å². The van der Waals surface area contributed by atoms with Crippen LogP contribution in [0, 0.1) is 24.0 Å². The number of nitrogens with one attached hydrogen (secondary N) is 1. The normalized spacial score (nSPS) is 10.3. The van der Waals surface area contributed by atoms with Crippen LogP contribution in [-0.4, -0.2) is 23.0 Å². The minimum atomic E-state index is -0.569. The van der Waals surface area contributed by atoms with Gasteiger partial charge in [0.15, 0.2) is 0 Å². The van der Waals surface area contributed by atoms with Crippen LogP contribution in [0.5, 0.6) is 0 Å². The van der Waals surface area contributed by atoms with E-state index in [4.69, 9.17) is 4.42 Å². The van der Waals surface area contributed by atoms with Gasteiger partial charge in [-0.2, -0.15) is 0 Å². The van der Waals surface area contributed by atoms with E-state index in [0.29, 0.717) is 11.7 Å². The Morgan fingerprint density at radius 1 is 1.45 bits per heavy atom. The summed E-state index contributed by atoms with van der Waals surface area (Å²) in [4.78, 5) is 26.2.